The summed E-state index contributed by atoms with van der Waals surface area (Å²) in [7, 11) is 0. The van der Waals surface area contributed by atoms with Gasteiger partial charge in [-0.05, 0) is 37.5 Å². The van der Waals surface area contributed by atoms with Crippen LogP contribution in [0.4, 0.5) is 5.69 Å². The Balaban J connectivity index is 2.01. The Morgan fingerprint density at radius 1 is 1.12 bits per heavy atom. The molecule has 1 aliphatic rings. The summed E-state index contributed by atoms with van der Waals surface area (Å²) in [5.41, 5.74) is 8.26. The lowest BCUT2D eigenvalue weighted by Crippen LogP contribution is -2.01. The first-order valence-corrected chi connectivity index (χ1v) is 7.16. The Labute approximate surface area is 103 Å². The molecule has 0 saturated heterocycles. The van der Waals surface area contributed by atoms with E-state index in [0.29, 0.717) is 0 Å². The maximum absolute atomic E-state index is 6.06. The van der Waals surface area contributed by atoms with Gasteiger partial charge in [0.2, 0.25) is 0 Å². The summed E-state index contributed by atoms with van der Waals surface area (Å²) in [6, 6.07) is 6.43. The van der Waals surface area contributed by atoms with Crippen molar-refractivity contribution in [3.8, 4) is 0 Å². The number of nitrogens with two attached hydrogens (primary N) is 1. The lowest BCUT2D eigenvalue weighted by molar-refractivity contribution is 0.702. The van der Waals surface area contributed by atoms with Gasteiger partial charge in [0, 0.05) is 15.8 Å². The fraction of sp³-hybridized carbons (Fsp3) is 0.571. The van der Waals surface area contributed by atoms with Gasteiger partial charge in [-0.3, -0.25) is 0 Å². The zero-order chi connectivity index (χ0) is 11.4. The van der Waals surface area contributed by atoms with E-state index in [1.165, 1.54) is 49.0 Å². The van der Waals surface area contributed by atoms with Crippen molar-refractivity contribution >= 4 is 17.4 Å². The Bertz CT molecular complexity index is 341. The van der Waals surface area contributed by atoms with Gasteiger partial charge in [-0.1, -0.05) is 31.7 Å². The van der Waals surface area contributed by atoms with Gasteiger partial charge in [0.05, 0.1) is 0 Å². The Kier molecular flexibility index (Phi) is 4.16. The molecule has 2 heteroatoms. The number of hydrogen-bond donors (Lipinski definition) is 1. The Hall–Kier alpha value is -0.630. The molecule has 0 aliphatic heterocycles. The van der Waals surface area contributed by atoms with Crippen LogP contribution >= 0.6 is 11.8 Å². The number of benzene rings is 1. The van der Waals surface area contributed by atoms with Crippen LogP contribution in [0.3, 0.4) is 0 Å². The third kappa shape index (κ3) is 3.18. The smallest absolute Gasteiger partial charge is 0.0454 e. The van der Waals surface area contributed by atoms with Crippen molar-refractivity contribution in [2.45, 2.75) is 55.6 Å². The van der Waals surface area contributed by atoms with E-state index in [9.17, 15) is 0 Å². The number of anilines is 1. The highest BCUT2D eigenvalue weighted by Crippen LogP contribution is 2.35. The first-order chi connectivity index (χ1) is 7.75. The number of thioether (sulfide) groups is 1. The molecule has 0 radical (unpaired) electrons. The minimum atomic E-state index is 0.785. The normalized spacial score (nSPS) is 18.3. The van der Waals surface area contributed by atoms with Crippen molar-refractivity contribution in [2.24, 2.45) is 0 Å². The molecule has 1 aromatic rings. The predicted molar refractivity (Wildman–Crippen MR) is 72.9 cm³/mol. The second-order valence-corrected chi connectivity index (χ2v) is 6.11. The van der Waals surface area contributed by atoms with Crippen LogP contribution in [0.2, 0.25) is 0 Å². The van der Waals surface area contributed by atoms with Crippen molar-refractivity contribution in [1.29, 1.82) is 0 Å². The lowest BCUT2D eigenvalue weighted by atomic mass is 10.2. The molecule has 1 saturated carbocycles. The van der Waals surface area contributed by atoms with Gasteiger partial charge in [0.15, 0.2) is 0 Å². The van der Waals surface area contributed by atoms with E-state index in [0.717, 1.165) is 10.9 Å². The van der Waals surface area contributed by atoms with Crippen molar-refractivity contribution in [2.75, 3.05) is 5.73 Å². The lowest BCUT2D eigenvalue weighted by Gasteiger charge is -2.15. The summed E-state index contributed by atoms with van der Waals surface area (Å²) < 4.78 is 0. The molecule has 16 heavy (non-hydrogen) atoms. The minimum absolute atomic E-state index is 0.785. The molecule has 88 valence electrons. The monoisotopic (exact) mass is 235 g/mol. The van der Waals surface area contributed by atoms with Gasteiger partial charge < -0.3 is 5.73 Å². The van der Waals surface area contributed by atoms with Crippen LogP contribution in [0.15, 0.2) is 23.1 Å². The summed E-state index contributed by atoms with van der Waals surface area (Å²) in [5, 5.41) is 0.785. The summed E-state index contributed by atoms with van der Waals surface area (Å²) in [5.74, 6) is 0. The predicted octanol–water partition coefficient (Wildman–Crippen LogP) is 4.39. The molecule has 2 N–H and O–H groups in total. The summed E-state index contributed by atoms with van der Waals surface area (Å²) in [6.45, 7) is 2.09. The fourth-order valence-corrected chi connectivity index (χ4v) is 3.58. The second-order valence-electron chi connectivity index (χ2n) is 4.77. The number of nitrogen functional groups attached to an aromatic ring is 1. The fourth-order valence-electron chi connectivity index (χ4n) is 2.31. The molecule has 1 aromatic carbocycles. The standard InChI is InChI=1S/C14H21NS/c1-11-8-9-14(13(15)10-11)16-12-6-4-2-3-5-7-12/h8-10,12H,2-7,15H2,1H3. The van der Waals surface area contributed by atoms with E-state index in [-0.39, 0.29) is 0 Å². The number of hydrogen-bond acceptors (Lipinski definition) is 2. The van der Waals surface area contributed by atoms with Gasteiger partial charge in [-0.15, -0.1) is 11.8 Å². The van der Waals surface area contributed by atoms with E-state index in [4.69, 9.17) is 5.73 Å². The zero-order valence-corrected chi connectivity index (χ0v) is 10.9. The third-order valence-corrected chi connectivity index (χ3v) is 4.69. The molecule has 0 aromatic heterocycles. The topological polar surface area (TPSA) is 26.0 Å². The molecule has 2 rings (SSSR count). The van der Waals surface area contributed by atoms with E-state index in [1.54, 1.807) is 0 Å². The van der Waals surface area contributed by atoms with Crippen molar-refractivity contribution < 1.29 is 0 Å². The van der Waals surface area contributed by atoms with E-state index in [1.807, 2.05) is 11.8 Å². The van der Waals surface area contributed by atoms with Gasteiger partial charge >= 0.3 is 0 Å². The maximum Gasteiger partial charge on any atom is 0.0454 e. The summed E-state index contributed by atoms with van der Waals surface area (Å²) in [4.78, 5) is 1.28. The molecule has 1 fully saturated rings. The van der Waals surface area contributed by atoms with Crippen LogP contribution in [0.25, 0.3) is 0 Å². The quantitative estimate of drug-likeness (QED) is 0.607. The van der Waals surface area contributed by atoms with Crippen LogP contribution in [0, 0.1) is 6.92 Å². The van der Waals surface area contributed by atoms with Crippen LogP contribution < -0.4 is 5.73 Å². The highest BCUT2D eigenvalue weighted by Gasteiger charge is 2.14. The molecule has 0 bridgehead atoms. The third-order valence-electron chi connectivity index (χ3n) is 3.26. The van der Waals surface area contributed by atoms with E-state index in [2.05, 4.69) is 25.1 Å². The Morgan fingerprint density at radius 2 is 1.81 bits per heavy atom. The van der Waals surface area contributed by atoms with Gasteiger partial charge in [-0.2, -0.15) is 0 Å². The van der Waals surface area contributed by atoms with Crippen molar-refractivity contribution in [3.63, 3.8) is 0 Å². The van der Waals surface area contributed by atoms with Gasteiger partial charge in [0.1, 0.15) is 0 Å². The molecular formula is C14H21NS. The first kappa shape index (κ1) is 11.8. The number of aryl methyl sites for hydroxylation is 1. The van der Waals surface area contributed by atoms with Crippen LogP contribution in [-0.2, 0) is 0 Å². The van der Waals surface area contributed by atoms with Crippen LogP contribution in [-0.4, -0.2) is 5.25 Å². The Morgan fingerprint density at radius 3 is 2.44 bits per heavy atom. The minimum Gasteiger partial charge on any atom is -0.398 e. The highest BCUT2D eigenvalue weighted by atomic mass is 32.2. The van der Waals surface area contributed by atoms with Gasteiger partial charge in [0.25, 0.3) is 0 Å². The average molecular weight is 235 g/mol. The van der Waals surface area contributed by atoms with E-state index >= 15 is 0 Å². The van der Waals surface area contributed by atoms with Gasteiger partial charge in [-0.25, -0.2) is 0 Å². The molecule has 1 nitrogen and oxygen atoms in total. The summed E-state index contributed by atoms with van der Waals surface area (Å²) in [6.07, 6.45) is 8.34. The zero-order valence-electron chi connectivity index (χ0n) is 10.0. The van der Waals surface area contributed by atoms with Crippen molar-refractivity contribution in [3.05, 3.63) is 23.8 Å². The first-order valence-electron chi connectivity index (χ1n) is 6.28. The summed E-state index contributed by atoms with van der Waals surface area (Å²) >= 11 is 1.99. The number of rotatable bonds is 2. The largest absolute Gasteiger partial charge is 0.398 e. The second kappa shape index (κ2) is 5.62. The molecule has 0 amide bonds. The molecule has 1 aliphatic carbocycles. The highest BCUT2D eigenvalue weighted by molar-refractivity contribution is 8.00. The van der Waals surface area contributed by atoms with Crippen molar-refractivity contribution in [1.82, 2.24) is 0 Å². The molecule has 0 unspecified atom stereocenters. The van der Waals surface area contributed by atoms with Crippen LogP contribution in [0.5, 0.6) is 0 Å². The maximum atomic E-state index is 6.06. The molecule has 0 spiro atoms. The molecule has 0 atom stereocenters. The molecular weight excluding hydrogens is 214 g/mol. The van der Waals surface area contributed by atoms with E-state index < -0.39 is 0 Å². The average Bonchev–Trinajstić information content (AvgIpc) is 2.51. The molecule has 0 heterocycles. The SMILES string of the molecule is Cc1ccc(SC2CCCCCC2)c(N)c1. The van der Waals surface area contributed by atoms with Crippen LogP contribution in [0.1, 0.15) is 44.1 Å².